The number of anilines is 1. The number of hydrogen-bond donors (Lipinski definition) is 1. The van der Waals surface area contributed by atoms with Gasteiger partial charge in [-0.2, -0.15) is 0 Å². The Morgan fingerprint density at radius 3 is 2.69 bits per heavy atom. The molecule has 4 heterocycles. The number of carboxylic acid groups (broad SMARTS) is 1. The fourth-order valence-corrected chi connectivity index (χ4v) is 4.02. The maximum absolute atomic E-state index is 11.1. The molecule has 146 valence electrons. The second kappa shape index (κ2) is 7.16. The Morgan fingerprint density at radius 1 is 1.07 bits per heavy atom. The lowest BCUT2D eigenvalue weighted by Gasteiger charge is -2.40. The first-order valence-electron chi connectivity index (χ1n) is 9.78. The minimum absolute atomic E-state index is 0.297. The Morgan fingerprint density at radius 2 is 1.90 bits per heavy atom. The van der Waals surface area contributed by atoms with Crippen molar-refractivity contribution in [2.45, 2.75) is 12.3 Å². The molecule has 29 heavy (non-hydrogen) atoms. The van der Waals surface area contributed by atoms with Crippen molar-refractivity contribution >= 4 is 28.4 Å². The van der Waals surface area contributed by atoms with Crippen LogP contribution in [0.2, 0.25) is 0 Å². The molecule has 3 aromatic rings. The van der Waals surface area contributed by atoms with Crippen molar-refractivity contribution in [2.24, 2.45) is 0 Å². The Labute approximate surface area is 168 Å². The molecule has 1 saturated heterocycles. The molecule has 1 amide bonds. The SMILES string of the molecule is O=C(O)N1CC=C(c2nccnc2C2CN(c3ccc4ccccc4n3)C2)CC1. The quantitative estimate of drug-likeness (QED) is 0.742. The summed E-state index contributed by atoms with van der Waals surface area (Å²) in [6.07, 6.45) is 5.21. The van der Waals surface area contributed by atoms with Gasteiger partial charge in [0.05, 0.1) is 16.9 Å². The van der Waals surface area contributed by atoms with Crippen molar-refractivity contribution in [3.63, 3.8) is 0 Å². The summed E-state index contributed by atoms with van der Waals surface area (Å²) in [5.74, 6) is 1.28. The van der Waals surface area contributed by atoms with E-state index in [-0.39, 0.29) is 0 Å². The zero-order chi connectivity index (χ0) is 19.8. The van der Waals surface area contributed by atoms with Gasteiger partial charge in [0.15, 0.2) is 0 Å². The molecular weight excluding hydrogens is 366 g/mol. The lowest BCUT2D eigenvalue weighted by atomic mass is 9.90. The normalized spacial score (nSPS) is 17.2. The number of nitrogens with zero attached hydrogens (tertiary/aromatic N) is 5. The van der Waals surface area contributed by atoms with Crippen molar-refractivity contribution in [1.29, 1.82) is 0 Å². The number of rotatable bonds is 3. The van der Waals surface area contributed by atoms with Crippen LogP contribution < -0.4 is 4.90 Å². The van der Waals surface area contributed by atoms with Gasteiger partial charge in [-0.3, -0.25) is 9.97 Å². The highest BCUT2D eigenvalue weighted by molar-refractivity contribution is 5.80. The molecule has 2 aliphatic rings. The molecule has 5 rings (SSSR count). The summed E-state index contributed by atoms with van der Waals surface area (Å²) in [4.78, 5) is 28.8. The van der Waals surface area contributed by atoms with Crippen LogP contribution in [0.15, 0.2) is 54.9 Å². The monoisotopic (exact) mass is 387 g/mol. The molecule has 0 saturated carbocycles. The zero-order valence-electron chi connectivity index (χ0n) is 15.9. The third-order valence-corrected chi connectivity index (χ3v) is 5.69. The van der Waals surface area contributed by atoms with E-state index < -0.39 is 6.09 Å². The van der Waals surface area contributed by atoms with E-state index in [1.807, 2.05) is 24.3 Å². The number of para-hydroxylation sites is 1. The summed E-state index contributed by atoms with van der Waals surface area (Å²) in [6, 6.07) is 12.3. The van der Waals surface area contributed by atoms with Crippen molar-refractivity contribution in [2.75, 3.05) is 31.1 Å². The average molecular weight is 387 g/mol. The Kier molecular flexibility index (Phi) is 4.35. The van der Waals surface area contributed by atoms with Crippen LogP contribution in [0.25, 0.3) is 16.5 Å². The summed E-state index contributed by atoms with van der Waals surface area (Å²) >= 11 is 0. The van der Waals surface area contributed by atoms with Crippen LogP contribution in [-0.2, 0) is 0 Å². The molecule has 1 aromatic carbocycles. The summed E-state index contributed by atoms with van der Waals surface area (Å²) in [5.41, 5.74) is 4.00. The lowest BCUT2D eigenvalue weighted by molar-refractivity contribution is 0.150. The minimum atomic E-state index is -0.878. The Balaban J connectivity index is 1.34. The van der Waals surface area contributed by atoms with Crippen LogP contribution in [0.3, 0.4) is 0 Å². The van der Waals surface area contributed by atoms with Crippen molar-refractivity contribution < 1.29 is 9.90 Å². The maximum atomic E-state index is 11.1. The molecule has 0 bridgehead atoms. The summed E-state index contributed by atoms with van der Waals surface area (Å²) < 4.78 is 0. The van der Waals surface area contributed by atoms with Gasteiger partial charge in [0.25, 0.3) is 0 Å². The van der Waals surface area contributed by atoms with Crippen molar-refractivity contribution in [3.05, 3.63) is 66.3 Å². The molecule has 0 aliphatic carbocycles. The molecular formula is C22H21N5O2. The van der Waals surface area contributed by atoms with Crippen LogP contribution in [0.1, 0.15) is 23.7 Å². The van der Waals surface area contributed by atoms with E-state index in [9.17, 15) is 4.79 Å². The summed E-state index contributed by atoms with van der Waals surface area (Å²) in [6.45, 7) is 2.60. The van der Waals surface area contributed by atoms with Gasteiger partial charge in [-0.1, -0.05) is 24.3 Å². The van der Waals surface area contributed by atoms with Crippen LogP contribution in [0.5, 0.6) is 0 Å². The first-order valence-corrected chi connectivity index (χ1v) is 9.78. The number of fused-ring (bicyclic) bond motifs is 1. The number of aromatic nitrogens is 3. The molecule has 7 heteroatoms. The highest BCUT2D eigenvalue weighted by Crippen LogP contribution is 2.34. The zero-order valence-corrected chi connectivity index (χ0v) is 15.9. The highest BCUT2D eigenvalue weighted by atomic mass is 16.4. The lowest BCUT2D eigenvalue weighted by Crippen LogP contribution is -2.46. The minimum Gasteiger partial charge on any atom is -0.465 e. The number of benzene rings is 1. The predicted octanol–water partition coefficient (Wildman–Crippen LogP) is 3.40. The Bertz CT molecular complexity index is 1110. The van der Waals surface area contributed by atoms with Crippen molar-refractivity contribution in [3.8, 4) is 0 Å². The van der Waals surface area contributed by atoms with Gasteiger partial charge < -0.3 is 14.9 Å². The number of hydrogen-bond acceptors (Lipinski definition) is 5. The van der Waals surface area contributed by atoms with Gasteiger partial charge in [0, 0.05) is 49.9 Å². The fourth-order valence-electron chi connectivity index (χ4n) is 4.02. The van der Waals surface area contributed by atoms with E-state index in [0.717, 1.165) is 46.8 Å². The highest BCUT2D eigenvalue weighted by Gasteiger charge is 2.33. The topological polar surface area (TPSA) is 82.4 Å². The van der Waals surface area contributed by atoms with E-state index in [2.05, 4.69) is 33.1 Å². The van der Waals surface area contributed by atoms with E-state index in [1.165, 1.54) is 4.90 Å². The van der Waals surface area contributed by atoms with Gasteiger partial charge in [0.1, 0.15) is 5.82 Å². The largest absolute Gasteiger partial charge is 0.465 e. The second-order valence-electron chi connectivity index (χ2n) is 7.46. The van der Waals surface area contributed by atoms with Crippen LogP contribution in [-0.4, -0.2) is 57.2 Å². The molecule has 2 aromatic heterocycles. The number of amides is 1. The predicted molar refractivity (Wildman–Crippen MR) is 111 cm³/mol. The first-order chi connectivity index (χ1) is 14.2. The third kappa shape index (κ3) is 3.29. The average Bonchev–Trinajstić information content (AvgIpc) is 2.73. The van der Waals surface area contributed by atoms with Crippen molar-refractivity contribution in [1.82, 2.24) is 19.9 Å². The molecule has 0 unspecified atom stereocenters. The van der Waals surface area contributed by atoms with Gasteiger partial charge >= 0.3 is 6.09 Å². The smallest absolute Gasteiger partial charge is 0.407 e. The standard InChI is InChI=1S/C22H21N5O2/c28-22(29)26-11-7-16(8-12-26)20-21(24-10-9-23-20)17-13-27(14-17)19-6-5-15-3-1-2-4-18(15)25-19/h1-7,9-10,17H,8,11-14H2,(H,28,29). The first kappa shape index (κ1) is 17.6. The van der Waals surface area contributed by atoms with Crippen LogP contribution in [0, 0.1) is 0 Å². The van der Waals surface area contributed by atoms with E-state index >= 15 is 0 Å². The molecule has 0 radical (unpaired) electrons. The van der Waals surface area contributed by atoms with Crippen LogP contribution in [0.4, 0.5) is 10.6 Å². The van der Waals surface area contributed by atoms with Crippen LogP contribution >= 0.6 is 0 Å². The van der Waals surface area contributed by atoms with Gasteiger partial charge in [0.2, 0.25) is 0 Å². The number of pyridine rings is 1. The fraction of sp³-hybridized carbons (Fsp3) is 0.273. The number of carbonyl (C=O) groups is 1. The summed E-state index contributed by atoms with van der Waals surface area (Å²) in [7, 11) is 0. The molecule has 0 atom stereocenters. The van der Waals surface area contributed by atoms with Gasteiger partial charge in [-0.25, -0.2) is 9.78 Å². The molecule has 0 spiro atoms. The third-order valence-electron chi connectivity index (χ3n) is 5.69. The molecule has 2 aliphatic heterocycles. The second-order valence-corrected chi connectivity index (χ2v) is 7.46. The van der Waals surface area contributed by atoms with E-state index in [1.54, 1.807) is 12.4 Å². The van der Waals surface area contributed by atoms with Gasteiger partial charge in [-0.15, -0.1) is 0 Å². The maximum Gasteiger partial charge on any atom is 0.407 e. The Hall–Kier alpha value is -3.48. The van der Waals surface area contributed by atoms with Gasteiger partial charge in [-0.05, 0) is 30.2 Å². The van der Waals surface area contributed by atoms with E-state index in [0.29, 0.717) is 25.4 Å². The molecule has 1 N–H and O–H groups in total. The molecule has 1 fully saturated rings. The molecule has 7 nitrogen and oxygen atoms in total. The van der Waals surface area contributed by atoms with E-state index in [4.69, 9.17) is 10.1 Å². The summed E-state index contributed by atoms with van der Waals surface area (Å²) in [5, 5.41) is 10.3.